The van der Waals surface area contributed by atoms with Gasteiger partial charge >= 0.3 is 0 Å². The second kappa shape index (κ2) is 4.66. The van der Waals surface area contributed by atoms with Gasteiger partial charge in [-0.25, -0.2) is 0 Å². The second-order valence-corrected chi connectivity index (χ2v) is 3.43. The van der Waals surface area contributed by atoms with E-state index in [0.717, 1.165) is 12.1 Å². The average Bonchev–Trinajstić information content (AvgIpc) is 2.19. The van der Waals surface area contributed by atoms with Crippen LogP contribution in [0.15, 0.2) is 12.1 Å². The number of rotatable bonds is 4. The molecule has 1 aromatic carbocycles. The van der Waals surface area contributed by atoms with Gasteiger partial charge in [-0.3, -0.25) is 14.9 Å². The minimum Gasteiger partial charge on any atom is -0.504 e. The topological polar surface area (TPSA) is 153 Å². The molecule has 8 nitrogen and oxygen atoms in total. The first-order valence-electron chi connectivity index (χ1n) is 4.57. The first kappa shape index (κ1) is 12.7. The SMILES string of the molecule is NC(=O)CC(N)c1cc(O)c(O)cc1[N+](=O)[O-]. The monoisotopic (exact) mass is 241 g/mol. The molecule has 0 heterocycles. The Morgan fingerprint density at radius 2 is 1.94 bits per heavy atom. The zero-order chi connectivity index (χ0) is 13.2. The Bertz CT molecular complexity index is 474. The molecule has 0 aliphatic carbocycles. The highest BCUT2D eigenvalue weighted by atomic mass is 16.6. The number of primary amides is 1. The third-order valence-electron chi connectivity index (χ3n) is 2.14. The lowest BCUT2D eigenvalue weighted by Gasteiger charge is -2.11. The standard InChI is InChI=1S/C9H11N3O5/c10-5(2-9(11)15)4-1-7(13)8(14)3-6(4)12(16)17/h1,3,5,13-14H,2,10H2,(H2,11,15). The Labute approximate surface area is 95.6 Å². The Morgan fingerprint density at radius 1 is 1.41 bits per heavy atom. The van der Waals surface area contributed by atoms with E-state index in [2.05, 4.69) is 0 Å². The zero-order valence-corrected chi connectivity index (χ0v) is 8.66. The smallest absolute Gasteiger partial charge is 0.278 e. The largest absolute Gasteiger partial charge is 0.504 e. The molecule has 0 aliphatic rings. The predicted molar refractivity (Wildman–Crippen MR) is 57.2 cm³/mol. The summed E-state index contributed by atoms with van der Waals surface area (Å²) in [4.78, 5) is 20.6. The van der Waals surface area contributed by atoms with Crippen LogP contribution in [0.5, 0.6) is 11.5 Å². The highest BCUT2D eigenvalue weighted by Gasteiger charge is 2.23. The van der Waals surface area contributed by atoms with Crippen molar-refractivity contribution in [3.05, 3.63) is 27.8 Å². The summed E-state index contributed by atoms with van der Waals surface area (Å²) in [6, 6.07) is 0.700. The quantitative estimate of drug-likeness (QED) is 0.327. The Morgan fingerprint density at radius 3 is 2.41 bits per heavy atom. The molecule has 92 valence electrons. The lowest BCUT2D eigenvalue weighted by atomic mass is 10.0. The highest BCUT2D eigenvalue weighted by molar-refractivity contribution is 5.75. The van der Waals surface area contributed by atoms with Crippen LogP contribution in [0.3, 0.4) is 0 Å². The summed E-state index contributed by atoms with van der Waals surface area (Å²) >= 11 is 0. The van der Waals surface area contributed by atoms with Crippen LogP contribution in [0.1, 0.15) is 18.0 Å². The summed E-state index contributed by atoms with van der Waals surface area (Å²) in [7, 11) is 0. The minimum atomic E-state index is -1.01. The molecule has 0 aromatic heterocycles. The van der Waals surface area contributed by atoms with Crippen molar-refractivity contribution in [2.24, 2.45) is 11.5 Å². The van der Waals surface area contributed by atoms with Crippen LogP contribution in [0.4, 0.5) is 5.69 Å². The van der Waals surface area contributed by atoms with E-state index >= 15 is 0 Å². The maximum absolute atomic E-state index is 10.7. The number of phenols is 2. The number of aromatic hydroxyl groups is 2. The van der Waals surface area contributed by atoms with Crippen molar-refractivity contribution < 1.29 is 19.9 Å². The van der Waals surface area contributed by atoms with Gasteiger partial charge in [0.25, 0.3) is 5.69 Å². The summed E-state index contributed by atoms with van der Waals surface area (Å²) in [6.07, 6.45) is -0.301. The second-order valence-electron chi connectivity index (χ2n) is 3.43. The minimum absolute atomic E-state index is 0.0656. The van der Waals surface area contributed by atoms with Crippen LogP contribution in [0, 0.1) is 10.1 Å². The molecule has 1 aromatic rings. The number of nitrogens with zero attached hydrogens (tertiary/aromatic N) is 1. The third kappa shape index (κ3) is 2.82. The molecule has 6 N–H and O–H groups in total. The maximum Gasteiger partial charge on any atom is 0.278 e. The number of nitro groups is 1. The summed E-state index contributed by atoms with van der Waals surface area (Å²) in [5.74, 6) is -1.91. The van der Waals surface area contributed by atoms with Gasteiger partial charge in [0.15, 0.2) is 11.5 Å². The van der Waals surface area contributed by atoms with Crippen molar-refractivity contribution in [3.63, 3.8) is 0 Å². The molecule has 0 spiro atoms. The summed E-state index contributed by atoms with van der Waals surface area (Å²) in [5.41, 5.74) is 9.94. The molecule has 1 atom stereocenters. The van der Waals surface area contributed by atoms with Gasteiger partial charge < -0.3 is 21.7 Å². The van der Waals surface area contributed by atoms with Crippen molar-refractivity contribution in [1.29, 1.82) is 0 Å². The van der Waals surface area contributed by atoms with Gasteiger partial charge in [0, 0.05) is 12.5 Å². The first-order valence-corrected chi connectivity index (χ1v) is 4.57. The number of nitro benzene ring substituents is 1. The normalized spacial score (nSPS) is 12.1. The number of nitrogens with two attached hydrogens (primary N) is 2. The van der Waals surface area contributed by atoms with Crippen LogP contribution >= 0.6 is 0 Å². The van der Waals surface area contributed by atoms with E-state index in [-0.39, 0.29) is 12.0 Å². The number of carbonyl (C=O) groups excluding carboxylic acids is 1. The van der Waals surface area contributed by atoms with Crippen molar-refractivity contribution in [1.82, 2.24) is 0 Å². The molecule has 1 amide bonds. The molecule has 0 fully saturated rings. The highest BCUT2D eigenvalue weighted by Crippen LogP contribution is 2.35. The number of hydrogen-bond acceptors (Lipinski definition) is 6. The van der Waals surface area contributed by atoms with E-state index < -0.39 is 34.1 Å². The molecular formula is C9H11N3O5. The summed E-state index contributed by atoms with van der Waals surface area (Å²) < 4.78 is 0. The van der Waals surface area contributed by atoms with Gasteiger partial charge in [0.05, 0.1) is 16.6 Å². The molecule has 17 heavy (non-hydrogen) atoms. The van der Waals surface area contributed by atoms with Gasteiger partial charge in [0.1, 0.15) is 0 Å². The fourth-order valence-corrected chi connectivity index (χ4v) is 1.36. The van der Waals surface area contributed by atoms with Crippen LogP contribution in [-0.2, 0) is 4.79 Å². The zero-order valence-electron chi connectivity index (χ0n) is 8.66. The Balaban J connectivity index is 3.25. The predicted octanol–water partition coefficient (Wildman–Crippen LogP) is -0.119. The van der Waals surface area contributed by atoms with E-state index in [1.54, 1.807) is 0 Å². The van der Waals surface area contributed by atoms with E-state index in [1.807, 2.05) is 0 Å². The molecule has 0 radical (unpaired) electrons. The van der Waals surface area contributed by atoms with Crippen molar-refractivity contribution >= 4 is 11.6 Å². The molecule has 0 bridgehead atoms. The van der Waals surface area contributed by atoms with E-state index in [0.29, 0.717) is 0 Å². The van der Waals surface area contributed by atoms with Crippen molar-refractivity contribution in [3.8, 4) is 11.5 Å². The van der Waals surface area contributed by atoms with Crippen LogP contribution in [0.2, 0.25) is 0 Å². The van der Waals surface area contributed by atoms with Crippen LogP contribution < -0.4 is 11.5 Å². The molecule has 0 aliphatic heterocycles. The molecule has 1 unspecified atom stereocenters. The number of hydrogen-bond donors (Lipinski definition) is 4. The van der Waals surface area contributed by atoms with E-state index in [4.69, 9.17) is 16.6 Å². The number of amides is 1. The number of carbonyl (C=O) groups is 1. The van der Waals surface area contributed by atoms with Crippen molar-refractivity contribution in [2.45, 2.75) is 12.5 Å². The summed E-state index contributed by atoms with van der Waals surface area (Å²) in [6.45, 7) is 0. The van der Waals surface area contributed by atoms with Gasteiger partial charge in [-0.05, 0) is 6.07 Å². The van der Waals surface area contributed by atoms with Gasteiger partial charge in [0.2, 0.25) is 5.91 Å². The van der Waals surface area contributed by atoms with Gasteiger partial charge in [-0.2, -0.15) is 0 Å². The molecule has 8 heteroatoms. The number of phenolic OH excluding ortho intramolecular Hbond substituents is 2. The lowest BCUT2D eigenvalue weighted by Crippen LogP contribution is -2.21. The average molecular weight is 241 g/mol. The molecule has 0 saturated heterocycles. The lowest BCUT2D eigenvalue weighted by molar-refractivity contribution is -0.385. The number of benzene rings is 1. The molecule has 0 saturated carbocycles. The fourth-order valence-electron chi connectivity index (χ4n) is 1.36. The summed E-state index contributed by atoms with van der Waals surface area (Å²) in [5, 5.41) is 29.1. The van der Waals surface area contributed by atoms with Crippen LogP contribution in [-0.4, -0.2) is 21.0 Å². The first-order chi connectivity index (χ1) is 7.82. The Hall–Kier alpha value is -2.35. The van der Waals surface area contributed by atoms with Crippen molar-refractivity contribution in [2.75, 3.05) is 0 Å². The molecule has 1 rings (SSSR count). The fraction of sp³-hybridized carbons (Fsp3) is 0.222. The Kier molecular flexibility index (Phi) is 3.49. The molecular weight excluding hydrogens is 230 g/mol. The van der Waals surface area contributed by atoms with Gasteiger partial charge in [-0.1, -0.05) is 0 Å². The maximum atomic E-state index is 10.7. The van der Waals surface area contributed by atoms with Gasteiger partial charge in [-0.15, -0.1) is 0 Å². The van der Waals surface area contributed by atoms with Crippen LogP contribution in [0.25, 0.3) is 0 Å². The van der Waals surface area contributed by atoms with E-state index in [1.165, 1.54) is 0 Å². The third-order valence-corrected chi connectivity index (χ3v) is 2.14. The van der Waals surface area contributed by atoms with E-state index in [9.17, 15) is 20.0 Å².